The SMILES string of the molecule is COC(=O)C[C@@H](CC(C)C)Nc1ccc(C(F)(F)F)cc1. The molecule has 3 nitrogen and oxygen atoms in total. The van der Waals surface area contributed by atoms with E-state index >= 15 is 0 Å². The van der Waals surface area contributed by atoms with Gasteiger partial charge < -0.3 is 10.1 Å². The van der Waals surface area contributed by atoms with E-state index < -0.39 is 11.7 Å². The quantitative estimate of drug-likeness (QED) is 0.804. The van der Waals surface area contributed by atoms with Gasteiger partial charge in [0.15, 0.2) is 0 Å². The van der Waals surface area contributed by atoms with Gasteiger partial charge in [0, 0.05) is 11.7 Å². The van der Waals surface area contributed by atoms with E-state index in [0.29, 0.717) is 11.6 Å². The lowest BCUT2D eigenvalue weighted by atomic mass is 10.0. The summed E-state index contributed by atoms with van der Waals surface area (Å²) in [6.45, 7) is 4.03. The highest BCUT2D eigenvalue weighted by molar-refractivity contribution is 5.70. The average molecular weight is 303 g/mol. The van der Waals surface area contributed by atoms with Gasteiger partial charge in [0.2, 0.25) is 0 Å². The predicted molar refractivity (Wildman–Crippen MR) is 74.9 cm³/mol. The van der Waals surface area contributed by atoms with Crippen LogP contribution >= 0.6 is 0 Å². The number of alkyl halides is 3. The summed E-state index contributed by atoms with van der Waals surface area (Å²) in [6.07, 6.45) is -3.45. The molecule has 0 heterocycles. The summed E-state index contributed by atoms with van der Waals surface area (Å²) >= 11 is 0. The Hall–Kier alpha value is -1.72. The van der Waals surface area contributed by atoms with Crippen molar-refractivity contribution >= 4 is 11.7 Å². The first-order valence-electron chi connectivity index (χ1n) is 6.73. The molecular weight excluding hydrogens is 283 g/mol. The zero-order valence-corrected chi connectivity index (χ0v) is 12.3. The number of hydrogen-bond acceptors (Lipinski definition) is 3. The molecule has 21 heavy (non-hydrogen) atoms. The minimum Gasteiger partial charge on any atom is -0.469 e. The van der Waals surface area contributed by atoms with Crippen LogP contribution in [0.2, 0.25) is 0 Å². The topological polar surface area (TPSA) is 38.3 Å². The second kappa shape index (κ2) is 7.33. The number of esters is 1. The van der Waals surface area contributed by atoms with Crippen LogP contribution in [0.4, 0.5) is 18.9 Å². The van der Waals surface area contributed by atoms with Crippen molar-refractivity contribution in [1.82, 2.24) is 0 Å². The molecule has 0 spiro atoms. The molecule has 1 N–H and O–H groups in total. The van der Waals surface area contributed by atoms with E-state index in [4.69, 9.17) is 0 Å². The highest BCUT2D eigenvalue weighted by Crippen LogP contribution is 2.30. The molecule has 1 aromatic carbocycles. The van der Waals surface area contributed by atoms with Crippen LogP contribution in [0.15, 0.2) is 24.3 Å². The second-order valence-electron chi connectivity index (χ2n) is 5.33. The Kier molecular flexibility index (Phi) is 6.05. The third kappa shape index (κ3) is 6.06. The number of halogens is 3. The normalized spacial score (nSPS) is 13.1. The van der Waals surface area contributed by atoms with Gasteiger partial charge in [-0.25, -0.2) is 0 Å². The number of rotatable bonds is 6. The largest absolute Gasteiger partial charge is 0.469 e. The average Bonchev–Trinajstić information content (AvgIpc) is 2.37. The van der Waals surface area contributed by atoms with E-state index in [1.165, 1.54) is 19.2 Å². The summed E-state index contributed by atoms with van der Waals surface area (Å²) in [5.74, 6) is 0.00154. The molecule has 0 aromatic heterocycles. The van der Waals surface area contributed by atoms with Crippen molar-refractivity contribution < 1.29 is 22.7 Å². The first-order chi connectivity index (χ1) is 9.72. The van der Waals surface area contributed by atoms with Gasteiger partial charge >= 0.3 is 12.1 Å². The van der Waals surface area contributed by atoms with Gasteiger partial charge in [-0.05, 0) is 36.6 Å². The van der Waals surface area contributed by atoms with E-state index in [9.17, 15) is 18.0 Å². The molecule has 118 valence electrons. The van der Waals surface area contributed by atoms with Crippen molar-refractivity contribution in [3.8, 4) is 0 Å². The zero-order chi connectivity index (χ0) is 16.0. The molecule has 1 rings (SSSR count). The molecule has 0 amide bonds. The fourth-order valence-electron chi connectivity index (χ4n) is 2.04. The Labute approximate surface area is 122 Å². The van der Waals surface area contributed by atoms with Crippen molar-refractivity contribution in [1.29, 1.82) is 0 Å². The van der Waals surface area contributed by atoms with Crippen LogP contribution in [0.3, 0.4) is 0 Å². The summed E-state index contributed by atoms with van der Waals surface area (Å²) in [5, 5.41) is 3.09. The molecule has 0 aliphatic heterocycles. The lowest BCUT2D eigenvalue weighted by molar-refractivity contribution is -0.141. The summed E-state index contributed by atoms with van der Waals surface area (Å²) in [5.41, 5.74) is -0.140. The van der Waals surface area contributed by atoms with Gasteiger partial charge in [-0.2, -0.15) is 13.2 Å². The molecule has 1 atom stereocenters. The van der Waals surface area contributed by atoms with Gasteiger partial charge in [0.05, 0.1) is 19.1 Å². The lowest BCUT2D eigenvalue weighted by Gasteiger charge is -2.21. The van der Waals surface area contributed by atoms with Crippen molar-refractivity contribution in [3.63, 3.8) is 0 Å². The first kappa shape index (κ1) is 17.3. The Morgan fingerprint density at radius 3 is 2.24 bits per heavy atom. The van der Waals surface area contributed by atoms with Crippen LogP contribution in [0.5, 0.6) is 0 Å². The van der Waals surface area contributed by atoms with Crippen LogP contribution < -0.4 is 5.32 Å². The van der Waals surface area contributed by atoms with Gasteiger partial charge in [0.25, 0.3) is 0 Å². The molecule has 0 saturated carbocycles. The van der Waals surface area contributed by atoms with Crippen LogP contribution in [0.1, 0.15) is 32.3 Å². The summed E-state index contributed by atoms with van der Waals surface area (Å²) in [4.78, 5) is 11.4. The van der Waals surface area contributed by atoms with Gasteiger partial charge in [-0.15, -0.1) is 0 Å². The maximum Gasteiger partial charge on any atom is 0.416 e. The standard InChI is InChI=1S/C15H20F3NO2/c1-10(2)8-13(9-14(20)21-3)19-12-6-4-11(5-7-12)15(16,17)18/h4-7,10,13,19H,8-9H2,1-3H3/t13-/m1/s1. The third-order valence-corrected chi connectivity index (χ3v) is 2.98. The number of anilines is 1. The summed E-state index contributed by atoms with van der Waals surface area (Å²) in [6, 6.07) is 4.61. The van der Waals surface area contributed by atoms with E-state index in [1.807, 2.05) is 13.8 Å². The van der Waals surface area contributed by atoms with E-state index in [-0.39, 0.29) is 18.4 Å². The predicted octanol–water partition coefficient (Wildman–Crippen LogP) is 4.10. The number of benzene rings is 1. The molecule has 0 unspecified atom stereocenters. The van der Waals surface area contributed by atoms with Crippen LogP contribution in [0, 0.1) is 5.92 Å². The molecule has 0 saturated heterocycles. The maximum atomic E-state index is 12.5. The van der Waals surface area contributed by atoms with Crippen molar-refractivity contribution in [2.45, 2.75) is 38.9 Å². The monoisotopic (exact) mass is 303 g/mol. The highest BCUT2D eigenvalue weighted by atomic mass is 19.4. The first-order valence-corrected chi connectivity index (χ1v) is 6.73. The maximum absolute atomic E-state index is 12.5. The van der Waals surface area contributed by atoms with Crippen molar-refractivity contribution in [3.05, 3.63) is 29.8 Å². The van der Waals surface area contributed by atoms with Crippen LogP contribution in [0.25, 0.3) is 0 Å². The Morgan fingerprint density at radius 2 is 1.81 bits per heavy atom. The molecule has 0 radical (unpaired) electrons. The fourth-order valence-corrected chi connectivity index (χ4v) is 2.04. The van der Waals surface area contributed by atoms with Crippen LogP contribution in [-0.2, 0) is 15.7 Å². The van der Waals surface area contributed by atoms with Crippen molar-refractivity contribution in [2.75, 3.05) is 12.4 Å². The Balaban J connectivity index is 2.76. The Morgan fingerprint density at radius 1 is 1.24 bits per heavy atom. The Bertz CT molecular complexity index is 455. The fraction of sp³-hybridized carbons (Fsp3) is 0.533. The molecule has 0 aliphatic rings. The van der Waals surface area contributed by atoms with Crippen LogP contribution in [-0.4, -0.2) is 19.1 Å². The summed E-state index contributed by atoms with van der Waals surface area (Å²) in [7, 11) is 1.31. The minimum atomic E-state index is -4.35. The van der Waals surface area contributed by atoms with E-state index in [2.05, 4.69) is 10.1 Å². The lowest BCUT2D eigenvalue weighted by Crippen LogP contribution is -2.25. The molecule has 0 fully saturated rings. The molecule has 1 aromatic rings. The number of carbonyl (C=O) groups excluding carboxylic acids is 1. The minimum absolute atomic E-state index is 0.172. The third-order valence-electron chi connectivity index (χ3n) is 2.98. The number of ether oxygens (including phenoxy) is 1. The number of carbonyl (C=O) groups is 1. The smallest absolute Gasteiger partial charge is 0.416 e. The molecule has 6 heteroatoms. The number of nitrogens with one attached hydrogen (secondary N) is 1. The molecular formula is C15H20F3NO2. The summed E-state index contributed by atoms with van der Waals surface area (Å²) < 4.78 is 42.1. The van der Waals surface area contributed by atoms with Gasteiger partial charge in [-0.3, -0.25) is 4.79 Å². The van der Waals surface area contributed by atoms with Gasteiger partial charge in [0.1, 0.15) is 0 Å². The molecule has 0 aliphatic carbocycles. The number of hydrogen-bond donors (Lipinski definition) is 1. The zero-order valence-electron chi connectivity index (χ0n) is 12.3. The van der Waals surface area contributed by atoms with Gasteiger partial charge in [-0.1, -0.05) is 13.8 Å². The second-order valence-corrected chi connectivity index (χ2v) is 5.33. The van der Waals surface area contributed by atoms with E-state index in [1.54, 1.807) is 0 Å². The number of methoxy groups -OCH3 is 1. The molecule has 0 bridgehead atoms. The van der Waals surface area contributed by atoms with Crippen molar-refractivity contribution in [2.24, 2.45) is 5.92 Å². The van der Waals surface area contributed by atoms with E-state index in [0.717, 1.165) is 18.6 Å². The highest BCUT2D eigenvalue weighted by Gasteiger charge is 2.30.